The van der Waals surface area contributed by atoms with Gasteiger partial charge >= 0.3 is 7.82 Å². The van der Waals surface area contributed by atoms with Crippen molar-refractivity contribution >= 4 is 49.2 Å². The molecule has 0 saturated carbocycles. The molecular weight excluding hydrogens is 705 g/mol. The normalized spacial score (nSPS) is 17.2. The summed E-state index contributed by atoms with van der Waals surface area (Å²) in [6.07, 6.45) is -1.15. The molecule has 0 aliphatic carbocycles. The molecule has 6 atom stereocenters. The highest BCUT2D eigenvalue weighted by molar-refractivity contribution is 7.46. The van der Waals surface area contributed by atoms with Gasteiger partial charge in [0.25, 0.3) is 0 Å². The number of nitrogens with one attached hydrogen (secondary N) is 4. The molecule has 1 aliphatic heterocycles. The smallest absolute Gasteiger partial charge is 0.404 e. The Balaban J connectivity index is 2.29. The fourth-order valence-corrected chi connectivity index (χ4v) is 5.94. The van der Waals surface area contributed by atoms with Crippen LogP contribution < -0.4 is 37.3 Å². The first-order chi connectivity index (χ1) is 24.2. The number of hydrogen-bond acceptors (Lipinski definition) is 10. The molecule has 19 nitrogen and oxygen atoms in total. The van der Waals surface area contributed by atoms with Crippen LogP contribution in [0.3, 0.4) is 0 Å². The van der Waals surface area contributed by atoms with Gasteiger partial charge in [-0.1, -0.05) is 32.9 Å². The lowest BCUT2D eigenvalue weighted by Gasteiger charge is -2.31. The van der Waals surface area contributed by atoms with Gasteiger partial charge < -0.3 is 47.3 Å². The quantitative estimate of drug-likeness (QED) is 0.0668. The van der Waals surface area contributed by atoms with Gasteiger partial charge in [-0.05, 0) is 56.2 Å². The first-order valence-electron chi connectivity index (χ1n) is 16.8. The number of hydrogen-bond donors (Lipinski definition) is 9. The Labute approximate surface area is 301 Å². The lowest BCUT2D eigenvalue weighted by molar-refractivity contribution is -0.143. The summed E-state index contributed by atoms with van der Waals surface area (Å²) in [6.45, 7) is 6.61. The van der Waals surface area contributed by atoms with E-state index in [-0.39, 0.29) is 56.7 Å². The zero-order chi connectivity index (χ0) is 39.3. The number of nitrogens with zero attached hydrogens (tertiary/aromatic N) is 1. The van der Waals surface area contributed by atoms with Crippen LogP contribution in [0.4, 0.5) is 0 Å². The number of rotatable bonds is 20. The van der Waals surface area contributed by atoms with Gasteiger partial charge in [-0.25, -0.2) is 4.57 Å². The van der Waals surface area contributed by atoms with Crippen LogP contribution in [-0.4, -0.2) is 104 Å². The number of carbonyl (C=O) groups is 7. The number of phosphoric ester groups is 1. The molecule has 1 aromatic carbocycles. The van der Waals surface area contributed by atoms with E-state index in [1.807, 2.05) is 13.8 Å². The van der Waals surface area contributed by atoms with Crippen molar-refractivity contribution < 1.29 is 57.5 Å². The summed E-state index contributed by atoms with van der Waals surface area (Å²) < 4.78 is 15.7. The monoisotopic (exact) mass is 755 g/mol. The molecule has 1 aliphatic rings. The first-order valence-corrected chi connectivity index (χ1v) is 18.4. The summed E-state index contributed by atoms with van der Waals surface area (Å²) in [5.74, 6) is -5.39. The van der Waals surface area contributed by atoms with Gasteiger partial charge in [-0.2, -0.15) is 0 Å². The lowest BCUT2D eigenvalue weighted by atomic mass is 10.00. The van der Waals surface area contributed by atoms with Crippen molar-refractivity contribution in [2.45, 2.75) is 109 Å². The average molecular weight is 756 g/mol. The molecule has 11 N–H and O–H groups in total. The van der Waals surface area contributed by atoms with Crippen LogP contribution in [0, 0.1) is 5.92 Å². The molecule has 7 amide bonds. The number of nitrogens with two attached hydrogens (primary N) is 2. The summed E-state index contributed by atoms with van der Waals surface area (Å²) >= 11 is 0. The second-order valence-corrected chi connectivity index (χ2v) is 14.1. The van der Waals surface area contributed by atoms with Gasteiger partial charge in [-0.15, -0.1) is 0 Å². The van der Waals surface area contributed by atoms with E-state index in [9.17, 15) is 43.2 Å². The Morgan fingerprint density at radius 3 is 2.06 bits per heavy atom. The topological polar surface area (TPSA) is 310 Å². The molecule has 0 radical (unpaired) electrons. The van der Waals surface area contributed by atoms with Crippen LogP contribution >= 0.6 is 7.82 Å². The number of carbonyl (C=O) groups excluding carboxylic acids is 7. The van der Waals surface area contributed by atoms with E-state index < -0.39 is 85.5 Å². The van der Waals surface area contributed by atoms with Crippen LogP contribution in [0.1, 0.15) is 71.8 Å². The standard InChI is InChI=1S/C32H50N7O12P/c1-5-26(42)35-22(16-19-8-10-20(11-9-19)51-52(48,49)50)30(45)37-23(15-17(2)3)32(47)39-14-6-7-24(39)31(46)36-21(12-13-25(33)41)29(44)38-27(18(4)40)28(34)43/h8-11,17-18,21-24,27,40H,5-7,12-16H2,1-4H3,(H2,33,41)(H2,34,43)(H,35,42)(H,36,46)(H,37,45)(H,38,44)(H2,48,49,50)/t18-,21+,22+,23+,24+,27+/m1/s1. The molecule has 0 aromatic heterocycles. The van der Waals surface area contributed by atoms with Crippen LogP contribution in [0.5, 0.6) is 5.75 Å². The molecule has 1 saturated heterocycles. The maximum absolute atomic E-state index is 14.0. The van der Waals surface area contributed by atoms with Crippen molar-refractivity contribution in [3.05, 3.63) is 29.8 Å². The first kappa shape index (κ1) is 43.6. The Hall–Kier alpha value is -4.58. The largest absolute Gasteiger partial charge is 0.524 e. The van der Waals surface area contributed by atoms with E-state index in [1.165, 1.54) is 36.1 Å². The summed E-state index contributed by atoms with van der Waals surface area (Å²) in [4.78, 5) is 109. The maximum Gasteiger partial charge on any atom is 0.524 e. The van der Waals surface area contributed by atoms with E-state index in [4.69, 9.17) is 21.3 Å². The number of benzene rings is 1. The number of aliphatic hydroxyl groups excluding tert-OH is 1. The summed E-state index contributed by atoms with van der Waals surface area (Å²) in [5, 5.41) is 20.0. The summed E-state index contributed by atoms with van der Waals surface area (Å²) in [5.41, 5.74) is 11.0. The number of amides is 7. The maximum atomic E-state index is 14.0. The predicted molar refractivity (Wildman–Crippen MR) is 184 cm³/mol. The molecule has 2 rings (SSSR count). The molecule has 290 valence electrons. The van der Waals surface area contributed by atoms with Crippen molar-refractivity contribution in [3.63, 3.8) is 0 Å². The third kappa shape index (κ3) is 14.2. The van der Waals surface area contributed by atoms with E-state index in [2.05, 4.69) is 25.8 Å². The van der Waals surface area contributed by atoms with Crippen molar-refractivity contribution in [2.24, 2.45) is 17.4 Å². The van der Waals surface area contributed by atoms with Crippen molar-refractivity contribution in [1.82, 2.24) is 26.2 Å². The van der Waals surface area contributed by atoms with Crippen LogP contribution in [0.2, 0.25) is 0 Å². The minimum Gasteiger partial charge on any atom is -0.404 e. The Morgan fingerprint density at radius 2 is 1.54 bits per heavy atom. The van der Waals surface area contributed by atoms with Crippen LogP contribution in [0.15, 0.2) is 24.3 Å². The lowest BCUT2D eigenvalue weighted by Crippen LogP contribution is -2.59. The molecule has 20 heteroatoms. The fraction of sp³-hybridized carbons (Fsp3) is 0.594. The highest BCUT2D eigenvalue weighted by Crippen LogP contribution is 2.37. The molecule has 1 fully saturated rings. The molecule has 0 spiro atoms. The molecule has 52 heavy (non-hydrogen) atoms. The fourth-order valence-electron chi connectivity index (χ4n) is 5.54. The van der Waals surface area contributed by atoms with E-state index in [0.717, 1.165) is 0 Å². The van der Waals surface area contributed by atoms with Gasteiger partial charge in [0.2, 0.25) is 41.4 Å². The molecule has 0 unspecified atom stereocenters. The second-order valence-electron chi connectivity index (χ2n) is 13.0. The van der Waals surface area contributed by atoms with Crippen molar-refractivity contribution in [2.75, 3.05) is 6.54 Å². The molecule has 1 heterocycles. The highest BCUT2D eigenvalue weighted by Gasteiger charge is 2.40. The van der Waals surface area contributed by atoms with Gasteiger partial charge in [-0.3, -0.25) is 43.3 Å². The van der Waals surface area contributed by atoms with Crippen LogP contribution in [-0.2, 0) is 44.5 Å². The summed E-state index contributed by atoms with van der Waals surface area (Å²) in [6, 6.07) is -0.724. The van der Waals surface area contributed by atoms with Crippen molar-refractivity contribution in [3.8, 4) is 5.75 Å². The zero-order valence-electron chi connectivity index (χ0n) is 29.6. The molecule has 1 aromatic rings. The van der Waals surface area contributed by atoms with E-state index in [1.54, 1.807) is 6.92 Å². The number of primary amides is 2. The molecular formula is C32H50N7O12P. The SMILES string of the molecule is CCC(=O)N[C@@H](Cc1ccc(OP(=O)(O)O)cc1)C(=O)N[C@@H](CC(C)C)C(=O)N1CCC[C@H]1C(=O)N[C@@H](CCC(N)=O)C(=O)N[C@H](C(N)=O)[C@@H](C)O. The zero-order valence-corrected chi connectivity index (χ0v) is 30.5. The van der Waals surface area contributed by atoms with Gasteiger partial charge in [0.15, 0.2) is 0 Å². The van der Waals surface area contributed by atoms with Gasteiger partial charge in [0.1, 0.15) is 36.0 Å². The van der Waals surface area contributed by atoms with Gasteiger partial charge in [0.05, 0.1) is 6.10 Å². The number of likely N-dealkylation sites (tertiary alicyclic amines) is 1. The average Bonchev–Trinajstić information content (AvgIpc) is 3.54. The Morgan fingerprint density at radius 1 is 0.923 bits per heavy atom. The predicted octanol–water partition coefficient (Wildman–Crippen LogP) is -1.78. The van der Waals surface area contributed by atoms with Crippen molar-refractivity contribution in [1.29, 1.82) is 0 Å². The Bertz CT molecular complexity index is 1500. The molecule has 0 bridgehead atoms. The minimum atomic E-state index is -4.80. The summed E-state index contributed by atoms with van der Waals surface area (Å²) in [7, 11) is -4.80. The third-order valence-electron chi connectivity index (χ3n) is 8.12. The third-order valence-corrected chi connectivity index (χ3v) is 8.57. The number of aliphatic hydroxyl groups is 1. The van der Waals surface area contributed by atoms with Gasteiger partial charge in [0, 0.05) is 25.8 Å². The number of phosphoric acid groups is 1. The Kier molecular flexibility index (Phi) is 16.7. The highest BCUT2D eigenvalue weighted by atomic mass is 31.2. The van der Waals surface area contributed by atoms with E-state index >= 15 is 0 Å². The van der Waals surface area contributed by atoms with Crippen LogP contribution in [0.25, 0.3) is 0 Å². The second kappa shape index (κ2) is 19.9. The minimum absolute atomic E-state index is 0.0501. The van der Waals surface area contributed by atoms with E-state index in [0.29, 0.717) is 12.0 Å².